The van der Waals surface area contributed by atoms with Gasteiger partial charge in [0.25, 0.3) is 0 Å². The number of nitrogens with zero attached hydrogens (tertiary/aromatic N) is 1. The van der Waals surface area contributed by atoms with Gasteiger partial charge in [0, 0.05) is 5.56 Å². The van der Waals surface area contributed by atoms with Crippen molar-refractivity contribution in [2.45, 2.75) is 6.18 Å². The molecular weight excluding hydrogens is 282 g/mol. The Balaban J connectivity index is 2.09. The molecule has 1 heterocycles. The second-order valence-corrected chi connectivity index (χ2v) is 5.35. The van der Waals surface area contributed by atoms with Crippen molar-refractivity contribution in [2.75, 3.05) is 0 Å². The summed E-state index contributed by atoms with van der Waals surface area (Å²) in [4.78, 5) is 4.26. The van der Waals surface area contributed by atoms with E-state index in [1.54, 1.807) is 24.3 Å². The zero-order chi connectivity index (χ0) is 14.3. The molecule has 3 aromatic rings. The van der Waals surface area contributed by atoms with Crippen molar-refractivity contribution in [3.8, 4) is 10.6 Å². The number of hydrogen-bond donors (Lipinski definition) is 0. The Bertz CT molecular complexity index is 762. The van der Waals surface area contributed by atoms with E-state index in [1.165, 1.54) is 17.4 Å². The van der Waals surface area contributed by atoms with Gasteiger partial charge in [-0.15, -0.1) is 11.3 Å². The first-order chi connectivity index (χ1) is 9.43. The second-order valence-electron chi connectivity index (χ2n) is 4.32. The topological polar surface area (TPSA) is 12.9 Å². The van der Waals surface area contributed by atoms with Crippen LogP contribution in [0.25, 0.3) is 20.8 Å². The summed E-state index contributed by atoms with van der Waals surface area (Å²) in [5.41, 5.74) is 1.15. The minimum Gasteiger partial charge on any atom is -0.236 e. The zero-order valence-corrected chi connectivity index (χ0v) is 10.9. The quantitative estimate of drug-likeness (QED) is 0.621. The van der Waals surface area contributed by atoms with E-state index in [9.17, 15) is 13.2 Å². The number of halogens is 3. The Hall–Kier alpha value is -1.82. The molecule has 0 fully saturated rings. The first-order valence-electron chi connectivity index (χ1n) is 5.77. The monoisotopic (exact) mass is 289 g/mol. The van der Waals surface area contributed by atoms with Crippen LogP contribution < -0.4 is 5.46 Å². The zero-order valence-electron chi connectivity index (χ0n) is 10.1. The van der Waals surface area contributed by atoms with Crippen LogP contribution in [0.3, 0.4) is 0 Å². The van der Waals surface area contributed by atoms with Crippen molar-refractivity contribution in [3.05, 3.63) is 48.0 Å². The molecular formula is C14H7BF3NS. The molecule has 20 heavy (non-hydrogen) atoms. The van der Waals surface area contributed by atoms with Crippen molar-refractivity contribution in [2.24, 2.45) is 0 Å². The van der Waals surface area contributed by atoms with Gasteiger partial charge in [-0.2, -0.15) is 13.2 Å². The summed E-state index contributed by atoms with van der Waals surface area (Å²) in [5, 5.41) is 0.680. The first-order valence-corrected chi connectivity index (χ1v) is 6.59. The molecule has 1 nitrogen and oxygen atoms in total. The number of aromatic nitrogens is 1. The van der Waals surface area contributed by atoms with Crippen molar-refractivity contribution >= 4 is 34.9 Å². The minimum atomic E-state index is -4.35. The van der Waals surface area contributed by atoms with Gasteiger partial charge in [0.2, 0.25) is 0 Å². The van der Waals surface area contributed by atoms with Gasteiger partial charge in [0.1, 0.15) is 12.9 Å². The van der Waals surface area contributed by atoms with Gasteiger partial charge in [-0.1, -0.05) is 29.7 Å². The first kappa shape index (κ1) is 13.2. The summed E-state index contributed by atoms with van der Waals surface area (Å²) in [6.07, 6.45) is -4.35. The molecule has 0 amide bonds. The van der Waals surface area contributed by atoms with E-state index in [0.717, 1.165) is 22.4 Å². The second kappa shape index (κ2) is 4.63. The average Bonchev–Trinajstić information content (AvgIpc) is 2.81. The van der Waals surface area contributed by atoms with Gasteiger partial charge in [-0.05, 0) is 18.2 Å². The molecule has 0 spiro atoms. The fraction of sp³-hybridized carbons (Fsp3) is 0.0714. The average molecular weight is 289 g/mol. The lowest BCUT2D eigenvalue weighted by Crippen LogP contribution is -2.03. The lowest BCUT2D eigenvalue weighted by atomic mass is 9.95. The van der Waals surface area contributed by atoms with Gasteiger partial charge in [0.05, 0.1) is 15.8 Å². The van der Waals surface area contributed by atoms with E-state index in [2.05, 4.69) is 4.98 Å². The standard InChI is InChI=1S/C14H7BF3NS/c15-10-4-1-8(2-5-10)13-19-11-7-9(14(16,17)18)3-6-12(11)20-13/h1-7H. The third kappa shape index (κ3) is 2.43. The van der Waals surface area contributed by atoms with E-state index >= 15 is 0 Å². The highest BCUT2D eigenvalue weighted by Crippen LogP contribution is 2.35. The minimum absolute atomic E-state index is 0.358. The molecule has 0 bridgehead atoms. The molecule has 0 unspecified atom stereocenters. The van der Waals surface area contributed by atoms with Gasteiger partial charge < -0.3 is 0 Å². The Labute approximate surface area is 118 Å². The van der Waals surface area contributed by atoms with Crippen LogP contribution in [0.15, 0.2) is 42.5 Å². The predicted molar refractivity (Wildman–Crippen MR) is 75.4 cm³/mol. The maximum atomic E-state index is 12.7. The molecule has 0 aliphatic carbocycles. The molecule has 3 rings (SSSR count). The van der Waals surface area contributed by atoms with Crippen LogP contribution in [-0.2, 0) is 6.18 Å². The fourth-order valence-electron chi connectivity index (χ4n) is 1.85. The summed E-state index contributed by atoms with van der Waals surface area (Å²) >= 11 is 1.36. The van der Waals surface area contributed by atoms with Crippen LogP contribution in [0.1, 0.15) is 5.56 Å². The number of rotatable bonds is 1. The Morgan fingerprint density at radius 1 is 1.00 bits per heavy atom. The molecule has 2 aromatic carbocycles. The summed E-state index contributed by atoms with van der Waals surface area (Å²) in [6, 6.07) is 10.7. The maximum Gasteiger partial charge on any atom is 0.416 e. The number of alkyl halides is 3. The van der Waals surface area contributed by atoms with Crippen LogP contribution in [0.4, 0.5) is 13.2 Å². The van der Waals surface area contributed by atoms with Crippen molar-refractivity contribution in [1.82, 2.24) is 4.98 Å². The molecule has 0 aliphatic heterocycles. The van der Waals surface area contributed by atoms with E-state index in [4.69, 9.17) is 7.85 Å². The van der Waals surface area contributed by atoms with Crippen molar-refractivity contribution in [1.29, 1.82) is 0 Å². The van der Waals surface area contributed by atoms with Crippen LogP contribution >= 0.6 is 11.3 Å². The highest BCUT2D eigenvalue weighted by atomic mass is 32.1. The summed E-state index contributed by atoms with van der Waals surface area (Å²) < 4.78 is 38.7. The fourth-order valence-corrected chi connectivity index (χ4v) is 2.80. The smallest absolute Gasteiger partial charge is 0.236 e. The Morgan fingerprint density at radius 2 is 1.70 bits per heavy atom. The van der Waals surface area contributed by atoms with Crippen molar-refractivity contribution < 1.29 is 13.2 Å². The van der Waals surface area contributed by atoms with E-state index < -0.39 is 11.7 Å². The maximum absolute atomic E-state index is 12.7. The molecule has 0 saturated carbocycles. The van der Waals surface area contributed by atoms with E-state index in [1.807, 2.05) is 0 Å². The third-order valence-electron chi connectivity index (χ3n) is 2.87. The van der Waals surface area contributed by atoms with E-state index in [-0.39, 0.29) is 0 Å². The van der Waals surface area contributed by atoms with Crippen LogP contribution in [0.5, 0.6) is 0 Å². The predicted octanol–water partition coefficient (Wildman–Crippen LogP) is 3.78. The summed E-state index contributed by atoms with van der Waals surface area (Å²) in [7, 11) is 5.61. The Morgan fingerprint density at radius 3 is 2.35 bits per heavy atom. The highest BCUT2D eigenvalue weighted by molar-refractivity contribution is 7.21. The van der Waals surface area contributed by atoms with Crippen LogP contribution in [0.2, 0.25) is 0 Å². The molecule has 0 aliphatic rings. The number of benzene rings is 2. The SMILES string of the molecule is [B]c1ccc(-c2nc3cc(C(F)(F)F)ccc3s2)cc1. The van der Waals surface area contributed by atoms with Gasteiger partial charge >= 0.3 is 6.18 Å². The number of thiazole rings is 1. The third-order valence-corrected chi connectivity index (χ3v) is 3.96. The van der Waals surface area contributed by atoms with Gasteiger partial charge in [-0.3, -0.25) is 0 Å². The molecule has 0 saturated heterocycles. The lowest BCUT2D eigenvalue weighted by molar-refractivity contribution is -0.137. The van der Waals surface area contributed by atoms with Crippen LogP contribution in [-0.4, -0.2) is 12.8 Å². The molecule has 6 heteroatoms. The molecule has 1 aromatic heterocycles. The molecule has 98 valence electrons. The van der Waals surface area contributed by atoms with E-state index in [0.29, 0.717) is 16.0 Å². The summed E-state index contributed by atoms with van der Waals surface area (Å²) in [5.74, 6) is 0. The number of fused-ring (bicyclic) bond motifs is 1. The Kier molecular flexibility index (Phi) is 3.05. The van der Waals surface area contributed by atoms with Crippen molar-refractivity contribution in [3.63, 3.8) is 0 Å². The largest absolute Gasteiger partial charge is 0.416 e. The molecule has 0 atom stereocenters. The molecule has 2 radical (unpaired) electrons. The normalized spacial score (nSPS) is 11.9. The number of hydrogen-bond acceptors (Lipinski definition) is 2. The van der Waals surface area contributed by atoms with Gasteiger partial charge in [0.15, 0.2) is 0 Å². The molecule has 0 N–H and O–H groups in total. The highest BCUT2D eigenvalue weighted by Gasteiger charge is 2.30. The van der Waals surface area contributed by atoms with Gasteiger partial charge in [-0.25, -0.2) is 4.98 Å². The summed E-state index contributed by atoms with van der Waals surface area (Å²) in [6.45, 7) is 0. The van der Waals surface area contributed by atoms with Crippen LogP contribution in [0, 0.1) is 0 Å². The lowest BCUT2D eigenvalue weighted by Gasteiger charge is -2.04.